The molecule has 0 saturated heterocycles. The van der Waals surface area contributed by atoms with Crippen molar-refractivity contribution < 1.29 is 8.92 Å². The van der Waals surface area contributed by atoms with Gasteiger partial charge < -0.3 is 8.92 Å². The fourth-order valence-corrected chi connectivity index (χ4v) is 3.62. The molecule has 138 valence electrons. The highest BCUT2D eigenvalue weighted by Gasteiger charge is 2.10. The van der Waals surface area contributed by atoms with Gasteiger partial charge in [-0.25, -0.2) is 0 Å². The summed E-state index contributed by atoms with van der Waals surface area (Å²) in [5.74, 6) is 0.962. The fraction of sp³-hybridized carbons (Fsp3) is 0.391. The summed E-state index contributed by atoms with van der Waals surface area (Å²) in [5, 5.41) is 0. The van der Waals surface area contributed by atoms with E-state index in [0.717, 1.165) is 44.6 Å². The predicted molar refractivity (Wildman–Crippen MR) is 113 cm³/mol. The average molecular weight is 369 g/mol. The van der Waals surface area contributed by atoms with Gasteiger partial charge >= 0.3 is 0 Å². The van der Waals surface area contributed by atoms with Crippen molar-refractivity contribution in [2.75, 3.05) is 19.5 Å². The Morgan fingerprint density at radius 1 is 0.885 bits per heavy atom. The van der Waals surface area contributed by atoms with Crippen LogP contribution in [0.2, 0.25) is 0 Å². The van der Waals surface area contributed by atoms with E-state index in [1.807, 2.05) is 6.26 Å². The second kappa shape index (κ2) is 10.4. The Balaban J connectivity index is 1.52. The third kappa shape index (κ3) is 5.65. The third-order valence-corrected chi connectivity index (χ3v) is 5.16. The van der Waals surface area contributed by atoms with Crippen molar-refractivity contribution in [2.45, 2.75) is 38.5 Å². The number of rotatable bonds is 9. The van der Waals surface area contributed by atoms with E-state index in [2.05, 4.69) is 54.6 Å². The Bertz CT molecular complexity index is 706. The number of unbranched alkanes of at least 4 members (excludes halogenated alkanes) is 2. The lowest BCUT2D eigenvalue weighted by molar-refractivity contribution is 0.294. The highest BCUT2D eigenvalue weighted by molar-refractivity contribution is 7.93. The summed E-state index contributed by atoms with van der Waals surface area (Å²) < 4.78 is 11.1. The van der Waals surface area contributed by atoms with Gasteiger partial charge in [0.25, 0.3) is 0 Å². The van der Waals surface area contributed by atoms with Crippen LogP contribution in [0, 0.1) is 0 Å². The summed E-state index contributed by atoms with van der Waals surface area (Å²) in [4.78, 5) is 0. The van der Waals surface area contributed by atoms with Crippen molar-refractivity contribution in [3.8, 4) is 5.75 Å². The Hall–Kier alpha value is -1.71. The molecule has 0 fully saturated rings. The van der Waals surface area contributed by atoms with Crippen molar-refractivity contribution >= 4 is 23.7 Å². The Morgan fingerprint density at radius 3 is 2.54 bits per heavy atom. The van der Waals surface area contributed by atoms with Crippen molar-refractivity contribution in [2.24, 2.45) is 0 Å². The molecule has 0 aromatic heterocycles. The zero-order valence-corrected chi connectivity index (χ0v) is 16.4. The summed E-state index contributed by atoms with van der Waals surface area (Å²) >= 11 is 1.44. The molecule has 0 saturated carbocycles. The molecule has 0 heterocycles. The van der Waals surface area contributed by atoms with E-state index in [1.165, 1.54) is 47.1 Å². The van der Waals surface area contributed by atoms with E-state index in [0.29, 0.717) is 0 Å². The molecule has 0 unspecified atom stereocenters. The van der Waals surface area contributed by atoms with E-state index in [9.17, 15) is 0 Å². The Morgan fingerprint density at radius 2 is 1.69 bits per heavy atom. The molecular formula is C23H28O2S. The van der Waals surface area contributed by atoms with Crippen molar-refractivity contribution in [3.63, 3.8) is 0 Å². The summed E-state index contributed by atoms with van der Waals surface area (Å²) in [7, 11) is 0. The highest BCUT2D eigenvalue weighted by atomic mass is 32.2. The maximum atomic E-state index is 5.87. The zero-order chi connectivity index (χ0) is 18.0. The van der Waals surface area contributed by atoms with Crippen LogP contribution in [0.5, 0.6) is 5.75 Å². The van der Waals surface area contributed by atoms with Crippen LogP contribution in [-0.2, 0) is 10.6 Å². The predicted octanol–water partition coefficient (Wildman–Crippen LogP) is 6.41. The van der Waals surface area contributed by atoms with Crippen LogP contribution in [0.25, 0.3) is 11.6 Å². The normalized spacial score (nSPS) is 13.7. The third-order valence-electron chi connectivity index (χ3n) is 4.76. The first kappa shape index (κ1) is 19.1. The van der Waals surface area contributed by atoms with Crippen LogP contribution in [0.4, 0.5) is 0 Å². The minimum absolute atomic E-state index is 0.773. The minimum Gasteiger partial charge on any atom is -0.494 e. The molecule has 3 rings (SSSR count). The number of benzene rings is 2. The van der Waals surface area contributed by atoms with Gasteiger partial charge in [0.15, 0.2) is 0 Å². The number of hydrogen-bond donors (Lipinski definition) is 0. The molecule has 0 atom stereocenters. The molecule has 2 aromatic carbocycles. The average Bonchev–Trinajstić information content (AvgIpc) is 2.90. The summed E-state index contributed by atoms with van der Waals surface area (Å²) in [6.45, 7) is 1.60. The summed E-state index contributed by atoms with van der Waals surface area (Å²) in [5.41, 5.74) is 5.56. The summed E-state index contributed by atoms with van der Waals surface area (Å²) in [6, 6.07) is 17.3. The lowest BCUT2D eigenvalue weighted by Gasteiger charge is -2.09. The number of fused-ring (bicyclic) bond motifs is 1. The smallest absolute Gasteiger partial charge is 0.119 e. The van der Waals surface area contributed by atoms with Crippen LogP contribution in [-0.4, -0.2) is 19.5 Å². The summed E-state index contributed by atoms with van der Waals surface area (Å²) in [6.07, 6.45) is 11.1. The first-order chi connectivity index (χ1) is 12.9. The molecule has 26 heavy (non-hydrogen) atoms. The molecule has 0 spiro atoms. The molecule has 2 aromatic rings. The van der Waals surface area contributed by atoms with Crippen LogP contribution in [0.15, 0.2) is 48.5 Å². The van der Waals surface area contributed by atoms with E-state index in [1.54, 1.807) is 0 Å². The number of allylic oxidation sites excluding steroid dienone is 1. The molecule has 0 radical (unpaired) electrons. The maximum absolute atomic E-state index is 5.87. The van der Waals surface area contributed by atoms with Crippen molar-refractivity contribution in [1.82, 2.24) is 0 Å². The van der Waals surface area contributed by atoms with E-state index in [-0.39, 0.29) is 0 Å². The van der Waals surface area contributed by atoms with Gasteiger partial charge in [-0.1, -0.05) is 42.5 Å². The topological polar surface area (TPSA) is 18.5 Å². The molecule has 0 aliphatic heterocycles. The van der Waals surface area contributed by atoms with Gasteiger partial charge in [-0.3, -0.25) is 0 Å². The number of aryl methyl sites for hydroxylation is 1. The van der Waals surface area contributed by atoms with E-state index in [4.69, 9.17) is 8.92 Å². The zero-order valence-electron chi connectivity index (χ0n) is 15.6. The first-order valence-corrected chi connectivity index (χ1v) is 10.7. The van der Waals surface area contributed by atoms with Gasteiger partial charge in [0.05, 0.1) is 13.2 Å². The van der Waals surface area contributed by atoms with Gasteiger partial charge in [0.2, 0.25) is 0 Å². The van der Waals surface area contributed by atoms with Gasteiger partial charge in [-0.15, -0.1) is 0 Å². The molecule has 1 aliphatic carbocycles. The molecule has 0 bridgehead atoms. The molecule has 2 nitrogen and oxygen atoms in total. The van der Waals surface area contributed by atoms with E-state index < -0.39 is 0 Å². The second-order valence-electron chi connectivity index (χ2n) is 6.64. The Kier molecular flexibility index (Phi) is 7.66. The highest BCUT2D eigenvalue weighted by Crippen LogP contribution is 2.30. The maximum Gasteiger partial charge on any atom is 0.119 e. The standard InChI is InChI=1S/C23H28O2S/c1-26-25-17-6-2-5-16-24-23-14-12-20(13-15-23)22-11-7-10-19-8-3-4-9-21(19)18-22/h3-4,8-9,12-15,18H,2,5-7,10-11,16-17H2,1H3. The minimum atomic E-state index is 0.773. The van der Waals surface area contributed by atoms with Gasteiger partial charge in [-0.05, 0) is 85.0 Å². The van der Waals surface area contributed by atoms with Crippen LogP contribution in [0.3, 0.4) is 0 Å². The van der Waals surface area contributed by atoms with Crippen molar-refractivity contribution in [1.29, 1.82) is 0 Å². The van der Waals surface area contributed by atoms with Crippen LogP contribution >= 0.6 is 12.0 Å². The van der Waals surface area contributed by atoms with Crippen LogP contribution in [0.1, 0.15) is 48.8 Å². The van der Waals surface area contributed by atoms with Gasteiger partial charge in [-0.2, -0.15) is 0 Å². The number of ether oxygens (including phenoxy) is 1. The molecule has 0 N–H and O–H groups in total. The molecule has 0 amide bonds. The lowest BCUT2D eigenvalue weighted by atomic mass is 10.0. The molecular weight excluding hydrogens is 340 g/mol. The largest absolute Gasteiger partial charge is 0.494 e. The van der Waals surface area contributed by atoms with Crippen molar-refractivity contribution in [3.05, 3.63) is 65.2 Å². The number of hydrogen-bond acceptors (Lipinski definition) is 3. The van der Waals surface area contributed by atoms with Gasteiger partial charge in [0.1, 0.15) is 5.75 Å². The first-order valence-electron chi connectivity index (χ1n) is 9.54. The monoisotopic (exact) mass is 368 g/mol. The SMILES string of the molecule is CSOCCCCCOc1ccc(C2=Cc3ccccc3CCC2)cc1. The molecule has 1 aliphatic rings. The van der Waals surface area contributed by atoms with Crippen LogP contribution < -0.4 is 4.74 Å². The van der Waals surface area contributed by atoms with Gasteiger partial charge in [0, 0.05) is 6.26 Å². The fourth-order valence-electron chi connectivity index (χ4n) is 3.34. The lowest BCUT2D eigenvalue weighted by Crippen LogP contribution is -1.98. The van der Waals surface area contributed by atoms with E-state index >= 15 is 0 Å². The quantitative estimate of drug-likeness (QED) is 0.376. The Labute approximate surface area is 161 Å². The molecule has 3 heteroatoms. The second-order valence-corrected chi connectivity index (χ2v) is 7.21.